The van der Waals surface area contributed by atoms with E-state index < -0.39 is 8.26 Å². The molecule has 0 N–H and O–H groups in total. The van der Waals surface area contributed by atoms with Crippen molar-refractivity contribution in [2.45, 2.75) is 0 Å². The van der Waals surface area contributed by atoms with Crippen LogP contribution in [0.2, 0.25) is 0 Å². The van der Waals surface area contributed by atoms with Crippen LogP contribution >= 0.6 is 44.6 Å². The Morgan fingerprint density at radius 3 is 1.12 bits per heavy atom. The molecule has 0 aliphatic heterocycles. The standard InChI is InChI=1S/CH2Cl2.Cl2O2S/c2-1-3;1-5(2,3)4/h1H2;. The second-order valence-electron chi connectivity index (χ2n) is 0.479. The fourth-order valence-electron chi connectivity index (χ4n) is 0. The summed E-state index contributed by atoms with van der Waals surface area (Å²) in [7, 11) is 4.81. The summed E-state index contributed by atoms with van der Waals surface area (Å²) in [6.07, 6.45) is 0. The van der Waals surface area contributed by atoms with Crippen molar-refractivity contribution >= 4 is 52.8 Å². The zero-order valence-electron chi connectivity index (χ0n) is 3.44. The van der Waals surface area contributed by atoms with E-state index in [2.05, 4.69) is 21.4 Å². The lowest BCUT2D eigenvalue weighted by molar-refractivity contribution is 0.621. The van der Waals surface area contributed by atoms with E-state index in [1.54, 1.807) is 0 Å². The van der Waals surface area contributed by atoms with Gasteiger partial charge in [-0.15, -0.1) is 23.2 Å². The van der Waals surface area contributed by atoms with Crippen molar-refractivity contribution in [2.75, 3.05) is 5.34 Å². The molecule has 0 radical (unpaired) electrons. The molecule has 0 atom stereocenters. The van der Waals surface area contributed by atoms with E-state index in [1.807, 2.05) is 0 Å². The van der Waals surface area contributed by atoms with Gasteiger partial charge in [-0.1, -0.05) is 0 Å². The summed E-state index contributed by atoms with van der Waals surface area (Å²) >= 11 is 9.53. The molecule has 0 unspecified atom stereocenters. The molecule has 0 saturated carbocycles. The Morgan fingerprint density at radius 2 is 1.12 bits per heavy atom. The van der Waals surface area contributed by atoms with E-state index in [4.69, 9.17) is 31.6 Å². The lowest BCUT2D eigenvalue weighted by atomic mass is 11.9. The second-order valence-corrected chi connectivity index (χ2v) is 4.96. The topological polar surface area (TPSA) is 34.1 Å². The van der Waals surface area contributed by atoms with Crippen molar-refractivity contribution in [3.63, 3.8) is 0 Å². The number of hydrogen-bond donors (Lipinski definition) is 0. The SMILES string of the molecule is ClCCl.O=S(=O)(Cl)Cl. The average molecular weight is 220 g/mol. The fraction of sp³-hybridized carbons (Fsp3) is 1.00. The van der Waals surface area contributed by atoms with Crippen LogP contribution in [0.25, 0.3) is 0 Å². The zero-order valence-corrected chi connectivity index (χ0v) is 7.28. The maximum absolute atomic E-state index is 9.16. The molecule has 52 valence electrons. The first kappa shape index (κ1) is 11.9. The molecule has 0 spiro atoms. The molecular formula is CH2Cl4O2S. The quantitative estimate of drug-likeness (QED) is 0.462. The molecule has 0 aromatic carbocycles. The highest BCUT2D eigenvalue weighted by Crippen LogP contribution is 1.98. The van der Waals surface area contributed by atoms with Gasteiger partial charge in [-0.25, -0.2) is 0 Å². The van der Waals surface area contributed by atoms with Gasteiger partial charge in [0.05, 0.1) is 5.34 Å². The summed E-state index contributed by atoms with van der Waals surface area (Å²) in [5.74, 6) is 0. The minimum atomic E-state index is -3.72. The Labute approximate surface area is 66.6 Å². The molecule has 0 amide bonds. The third kappa shape index (κ3) is 215. The summed E-state index contributed by atoms with van der Waals surface area (Å²) in [5.41, 5.74) is 0. The highest BCUT2D eigenvalue weighted by atomic mass is 36.0. The summed E-state index contributed by atoms with van der Waals surface area (Å²) < 4.78 is 18.3. The van der Waals surface area contributed by atoms with Crippen LogP contribution in [0.3, 0.4) is 0 Å². The second kappa shape index (κ2) is 6.23. The number of hydrogen-bond acceptors (Lipinski definition) is 2. The lowest BCUT2D eigenvalue weighted by Gasteiger charge is -1.61. The summed E-state index contributed by atoms with van der Waals surface area (Å²) in [6.45, 7) is 0. The van der Waals surface area contributed by atoms with Crippen molar-refractivity contribution in [3.05, 3.63) is 0 Å². The first-order chi connectivity index (χ1) is 3.41. The maximum Gasteiger partial charge on any atom is 0.317 e. The van der Waals surface area contributed by atoms with Crippen LogP contribution in [0.15, 0.2) is 0 Å². The third-order valence-corrected chi connectivity index (χ3v) is 0. The van der Waals surface area contributed by atoms with E-state index >= 15 is 0 Å². The van der Waals surface area contributed by atoms with E-state index in [0.717, 1.165) is 0 Å². The van der Waals surface area contributed by atoms with Crippen molar-refractivity contribution in [1.29, 1.82) is 0 Å². The molecule has 0 aliphatic carbocycles. The fourth-order valence-corrected chi connectivity index (χ4v) is 0. The van der Waals surface area contributed by atoms with Crippen LogP contribution in [-0.4, -0.2) is 13.8 Å². The molecular weight excluding hydrogens is 218 g/mol. The highest BCUT2D eigenvalue weighted by molar-refractivity contribution is 8.31. The molecule has 0 aromatic heterocycles. The van der Waals surface area contributed by atoms with Crippen molar-refractivity contribution in [3.8, 4) is 0 Å². The number of rotatable bonds is 0. The monoisotopic (exact) mass is 218 g/mol. The van der Waals surface area contributed by atoms with Crippen LogP contribution in [0, 0.1) is 0 Å². The first-order valence-corrected chi connectivity index (χ1v) is 5.38. The van der Waals surface area contributed by atoms with Crippen molar-refractivity contribution < 1.29 is 8.42 Å². The minimum Gasteiger partial charge on any atom is -0.195 e. The molecule has 0 heterocycles. The molecule has 0 rings (SSSR count). The third-order valence-electron chi connectivity index (χ3n) is 0. The van der Waals surface area contributed by atoms with E-state index in [1.165, 1.54) is 0 Å². The van der Waals surface area contributed by atoms with Gasteiger partial charge in [0.1, 0.15) is 0 Å². The van der Waals surface area contributed by atoms with E-state index in [0.29, 0.717) is 0 Å². The van der Waals surface area contributed by atoms with Gasteiger partial charge in [0, 0.05) is 21.4 Å². The van der Waals surface area contributed by atoms with Crippen LogP contribution in [0.5, 0.6) is 0 Å². The highest BCUT2D eigenvalue weighted by Gasteiger charge is 1.88. The van der Waals surface area contributed by atoms with Gasteiger partial charge >= 0.3 is 8.26 Å². The van der Waals surface area contributed by atoms with E-state index in [9.17, 15) is 0 Å². The predicted octanol–water partition coefficient (Wildman–Crippen LogP) is 2.13. The number of alkyl halides is 2. The Kier molecular flexibility index (Phi) is 9.24. The Balaban J connectivity index is 0. The predicted molar refractivity (Wildman–Crippen MR) is 37.2 cm³/mol. The van der Waals surface area contributed by atoms with Gasteiger partial charge < -0.3 is 0 Å². The normalized spacial score (nSPS) is 9.50. The summed E-state index contributed by atoms with van der Waals surface area (Å²) in [6, 6.07) is 0. The summed E-state index contributed by atoms with van der Waals surface area (Å²) in [5, 5.41) is 0.194. The smallest absolute Gasteiger partial charge is 0.195 e. The Morgan fingerprint density at radius 1 is 1.12 bits per heavy atom. The van der Waals surface area contributed by atoms with Crippen LogP contribution < -0.4 is 0 Å². The van der Waals surface area contributed by atoms with E-state index in [-0.39, 0.29) is 5.34 Å². The first-order valence-electron chi connectivity index (χ1n) is 1.18. The Hall–Kier alpha value is 1.11. The molecule has 8 heavy (non-hydrogen) atoms. The zero-order chi connectivity index (χ0) is 7.21. The molecule has 0 aliphatic rings. The largest absolute Gasteiger partial charge is 0.317 e. The Bertz CT molecular complexity index is 108. The summed E-state index contributed by atoms with van der Waals surface area (Å²) in [4.78, 5) is 0. The van der Waals surface area contributed by atoms with Crippen LogP contribution in [0.4, 0.5) is 0 Å². The van der Waals surface area contributed by atoms with Gasteiger partial charge in [0.2, 0.25) is 0 Å². The maximum atomic E-state index is 9.16. The minimum absolute atomic E-state index is 0.194. The molecule has 0 fully saturated rings. The molecule has 7 heteroatoms. The number of halogens is 4. The van der Waals surface area contributed by atoms with Crippen molar-refractivity contribution in [1.82, 2.24) is 0 Å². The molecule has 0 aromatic rings. The van der Waals surface area contributed by atoms with Gasteiger partial charge in [0.15, 0.2) is 0 Å². The van der Waals surface area contributed by atoms with Gasteiger partial charge in [0.25, 0.3) is 0 Å². The van der Waals surface area contributed by atoms with Gasteiger partial charge in [-0.05, 0) is 0 Å². The van der Waals surface area contributed by atoms with Crippen LogP contribution in [0.1, 0.15) is 0 Å². The van der Waals surface area contributed by atoms with Gasteiger partial charge in [-0.3, -0.25) is 0 Å². The van der Waals surface area contributed by atoms with Crippen LogP contribution in [-0.2, 0) is 8.26 Å². The molecule has 0 saturated heterocycles. The molecule has 2 nitrogen and oxygen atoms in total. The lowest BCUT2D eigenvalue weighted by Crippen LogP contribution is -1.63. The molecule has 0 bridgehead atoms. The van der Waals surface area contributed by atoms with Crippen molar-refractivity contribution in [2.24, 2.45) is 0 Å². The average Bonchev–Trinajstić information content (AvgIpc) is 1.27. The van der Waals surface area contributed by atoms with Gasteiger partial charge in [-0.2, -0.15) is 8.42 Å².